The largest absolute Gasteiger partial charge is 0.432 e. The molecule has 15 heavy (non-hydrogen) atoms. The molecule has 1 amide bonds. The van der Waals surface area contributed by atoms with E-state index in [1.807, 2.05) is 0 Å². The van der Waals surface area contributed by atoms with Gasteiger partial charge in [0.15, 0.2) is 11.6 Å². The van der Waals surface area contributed by atoms with E-state index in [-0.39, 0.29) is 11.6 Å². The fourth-order valence-corrected chi connectivity index (χ4v) is 0.973. The van der Waals surface area contributed by atoms with Gasteiger partial charge < -0.3 is 10.1 Å². The van der Waals surface area contributed by atoms with Gasteiger partial charge in [-0.2, -0.15) is 8.78 Å². The lowest BCUT2D eigenvalue weighted by Crippen LogP contribution is -2.07. The number of benzene rings is 1. The van der Waals surface area contributed by atoms with E-state index in [1.165, 1.54) is 13.0 Å². The van der Waals surface area contributed by atoms with E-state index >= 15 is 0 Å². The molecule has 0 aliphatic carbocycles. The molecule has 1 aromatic rings. The van der Waals surface area contributed by atoms with Gasteiger partial charge in [-0.1, -0.05) is 0 Å². The zero-order chi connectivity index (χ0) is 11.4. The number of carbonyl (C=O) groups is 1. The highest BCUT2D eigenvalue weighted by molar-refractivity contribution is 5.88. The van der Waals surface area contributed by atoms with Crippen molar-refractivity contribution in [2.75, 3.05) is 5.32 Å². The van der Waals surface area contributed by atoms with Crippen LogP contribution in [0.1, 0.15) is 6.92 Å². The van der Waals surface area contributed by atoms with Crippen LogP contribution in [0.3, 0.4) is 0 Å². The molecule has 0 aliphatic rings. The first-order chi connectivity index (χ1) is 6.99. The van der Waals surface area contributed by atoms with Crippen molar-refractivity contribution in [3.05, 3.63) is 24.0 Å². The van der Waals surface area contributed by atoms with Crippen LogP contribution in [0.2, 0.25) is 0 Å². The van der Waals surface area contributed by atoms with Gasteiger partial charge in [0, 0.05) is 18.7 Å². The highest BCUT2D eigenvalue weighted by Crippen LogP contribution is 2.22. The third kappa shape index (κ3) is 3.49. The number of hydrogen-bond donors (Lipinski definition) is 1. The molecule has 3 nitrogen and oxygen atoms in total. The molecule has 82 valence electrons. The molecule has 0 unspecified atom stereocenters. The van der Waals surface area contributed by atoms with Crippen LogP contribution in [0.25, 0.3) is 0 Å². The highest BCUT2D eigenvalue weighted by Gasteiger charge is 2.10. The minimum absolute atomic E-state index is 0.182. The van der Waals surface area contributed by atoms with Gasteiger partial charge >= 0.3 is 6.61 Å². The van der Waals surface area contributed by atoms with Crippen LogP contribution < -0.4 is 10.1 Å². The summed E-state index contributed by atoms with van der Waals surface area (Å²) in [7, 11) is 0. The van der Waals surface area contributed by atoms with E-state index in [9.17, 15) is 18.0 Å². The Hall–Kier alpha value is -1.72. The van der Waals surface area contributed by atoms with Crippen LogP contribution in [0.15, 0.2) is 18.2 Å². The van der Waals surface area contributed by atoms with Crippen LogP contribution in [0.5, 0.6) is 5.75 Å². The normalized spacial score (nSPS) is 10.2. The molecule has 0 radical (unpaired) electrons. The Morgan fingerprint density at radius 1 is 1.47 bits per heavy atom. The van der Waals surface area contributed by atoms with Crippen molar-refractivity contribution in [3.63, 3.8) is 0 Å². The summed E-state index contributed by atoms with van der Waals surface area (Å²) in [4.78, 5) is 10.6. The molecule has 0 fully saturated rings. The average Bonchev–Trinajstić information content (AvgIpc) is 2.08. The molecular weight excluding hydrogens is 211 g/mol. The Balaban J connectivity index is 2.83. The maximum Gasteiger partial charge on any atom is 0.387 e. The Morgan fingerprint density at radius 2 is 2.13 bits per heavy atom. The quantitative estimate of drug-likeness (QED) is 0.847. The van der Waals surface area contributed by atoms with Crippen LogP contribution in [-0.2, 0) is 4.79 Å². The Kier molecular flexibility index (Phi) is 3.54. The topological polar surface area (TPSA) is 38.3 Å². The van der Waals surface area contributed by atoms with Crippen molar-refractivity contribution in [1.29, 1.82) is 0 Å². The van der Waals surface area contributed by atoms with Crippen LogP contribution in [0, 0.1) is 5.82 Å². The number of alkyl halides is 2. The summed E-state index contributed by atoms with van der Waals surface area (Å²) in [6, 6.07) is 3.19. The second-order valence-corrected chi connectivity index (χ2v) is 2.70. The summed E-state index contributed by atoms with van der Waals surface area (Å²) in [5, 5.41) is 2.30. The Morgan fingerprint density at radius 3 is 2.60 bits per heavy atom. The minimum atomic E-state index is -3.08. The number of rotatable bonds is 3. The second kappa shape index (κ2) is 4.68. The Bertz CT molecular complexity index is 368. The summed E-state index contributed by atoms with van der Waals surface area (Å²) in [5.41, 5.74) is 0.182. The molecule has 1 N–H and O–H groups in total. The second-order valence-electron chi connectivity index (χ2n) is 2.70. The average molecular weight is 219 g/mol. The van der Waals surface area contributed by atoms with Gasteiger partial charge in [-0.3, -0.25) is 4.79 Å². The molecule has 0 atom stereocenters. The van der Waals surface area contributed by atoms with Crippen molar-refractivity contribution in [2.24, 2.45) is 0 Å². The SMILES string of the molecule is CC(=O)Nc1ccc(OC(F)F)c(F)c1. The number of carbonyl (C=O) groups excluding carboxylic acids is 1. The van der Waals surface area contributed by atoms with Crippen molar-refractivity contribution in [3.8, 4) is 5.75 Å². The molecule has 0 saturated heterocycles. The van der Waals surface area contributed by atoms with Gasteiger partial charge in [0.25, 0.3) is 0 Å². The zero-order valence-corrected chi connectivity index (χ0v) is 7.76. The Labute approximate surface area is 83.8 Å². The fraction of sp³-hybridized carbons (Fsp3) is 0.222. The summed E-state index contributed by atoms with van der Waals surface area (Å²) < 4.78 is 40.4. The molecule has 0 heterocycles. The molecule has 0 aromatic heterocycles. The van der Waals surface area contributed by atoms with E-state index < -0.39 is 18.2 Å². The van der Waals surface area contributed by atoms with Crippen molar-refractivity contribution >= 4 is 11.6 Å². The van der Waals surface area contributed by atoms with Crippen molar-refractivity contribution in [2.45, 2.75) is 13.5 Å². The highest BCUT2D eigenvalue weighted by atomic mass is 19.3. The van der Waals surface area contributed by atoms with Gasteiger partial charge in [-0.15, -0.1) is 0 Å². The first-order valence-corrected chi connectivity index (χ1v) is 4.01. The minimum Gasteiger partial charge on any atom is -0.432 e. The summed E-state index contributed by atoms with van der Waals surface area (Å²) in [6.07, 6.45) is 0. The molecule has 0 spiro atoms. The molecule has 1 aromatic carbocycles. The molecule has 1 rings (SSSR count). The van der Waals surface area contributed by atoms with Gasteiger partial charge in [0.05, 0.1) is 0 Å². The summed E-state index contributed by atoms with van der Waals surface area (Å²) in [6.45, 7) is -1.83. The van der Waals surface area contributed by atoms with E-state index in [2.05, 4.69) is 10.1 Å². The zero-order valence-electron chi connectivity index (χ0n) is 7.76. The number of hydrogen-bond acceptors (Lipinski definition) is 2. The molecule has 6 heteroatoms. The fourth-order valence-electron chi connectivity index (χ4n) is 0.973. The lowest BCUT2D eigenvalue weighted by molar-refractivity contribution is -0.114. The predicted molar refractivity (Wildman–Crippen MR) is 47.3 cm³/mol. The van der Waals surface area contributed by atoms with Crippen molar-refractivity contribution < 1.29 is 22.7 Å². The first-order valence-electron chi connectivity index (χ1n) is 4.01. The standard InChI is InChI=1S/C9H8F3NO2/c1-5(14)13-6-2-3-8(7(10)4-6)15-9(11)12/h2-4,9H,1H3,(H,13,14). The molecule has 0 bridgehead atoms. The van der Waals surface area contributed by atoms with Gasteiger partial charge in [-0.05, 0) is 12.1 Å². The summed E-state index contributed by atoms with van der Waals surface area (Å²) >= 11 is 0. The molecule has 0 aliphatic heterocycles. The van der Waals surface area contributed by atoms with E-state index in [1.54, 1.807) is 0 Å². The first kappa shape index (κ1) is 11.4. The van der Waals surface area contributed by atoms with Crippen LogP contribution in [-0.4, -0.2) is 12.5 Å². The maximum absolute atomic E-state index is 13.1. The predicted octanol–water partition coefficient (Wildman–Crippen LogP) is 2.39. The molecular formula is C9H8F3NO2. The van der Waals surface area contributed by atoms with Gasteiger partial charge in [0.1, 0.15) is 0 Å². The van der Waals surface area contributed by atoms with Crippen molar-refractivity contribution in [1.82, 2.24) is 0 Å². The number of anilines is 1. The monoisotopic (exact) mass is 219 g/mol. The number of nitrogens with one attached hydrogen (secondary N) is 1. The smallest absolute Gasteiger partial charge is 0.387 e. The number of amides is 1. The summed E-state index contributed by atoms with van der Waals surface area (Å²) in [5.74, 6) is -1.89. The van der Waals surface area contributed by atoms with Crippen LogP contribution >= 0.6 is 0 Å². The van der Waals surface area contributed by atoms with Gasteiger partial charge in [-0.25, -0.2) is 4.39 Å². The third-order valence-electron chi connectivity index (χ3n) is 1.47. The van der Waals surface area contributed by atoms with E-state index in [0.29, 0.717) is 0 Å². The molecule has 0 saturated carbocycles. The third-order valence-corrected chi connectivity index (χ3v) is 1.47. The maximum atomic E-state index is 13.1. The van der Waals surface area contributed by atoms with Crippen LogP contribution in [0.4, 0.5) is 18.9 Å². The number of halogens is 3. The number of ether oxygens (including phenoxy) is 1. The lowest BCUT2D eigenvalue weighted by atomic mass is 10.3. The van der Waals surface area contributed by atoms with E-state index in [0.717, 1.165) is 12.1 Å². The lowest BCUT2D eigenvalue weighted by Gasteiger charge is -2.07. The van der Waals surface area contributed by atoms with E-state index in [4.69, 9.17) is 0 Å². The van der Waals surface area contributed by atoms with Gasteiger partial charge in [0.2, 0.25) is 5.91 Å².